The van der Waals surface area contributed by atoms with Crippen molar-refractivity contribution in [2.75, 3.05) is 5.73 Å². The molecule has 0 spiro atoms. The molecule has 0 radical (unpaired) electrons. The van der Waals surface area contributed by atoms with E-state index in [4.69, 9.17) is 5.73 Å². The molecule has 0 amide bonds. The summed E-state index contributed by atoms with van der Waals surface area (Å²) in [6, 6.07) is 5.66. The van der Waals surface area contributed by atoms with Crippen molar-refractivity contribution in [3.05, 3.63) is 40.6 Å². The monoisotopic (exact) mass is 302 g/mol. The molecule has 0 aliphatic rings. The Labute approximate surface area is 127 Å². The minimum atomic E-state index is -0.623. The topological polar surface area (TPSA) is 77.0 Å². The van der Waals surface area contributed by atoms with Gasteiger partial charge in [0.1, 0.15) is 11.9 Å². The molecule has 5 nitrogen and oxygen atoms in total. The van der Waals surface area contributed by atoms with E-state index in [1.54, 1.807) is 18.3 Å². The van der Waals surface area contributed by atoms with Gasteiger partial charge in [-0.25, -0.2) is 9.97 Å². The van der Waals surface area contributed by atoms with Gasteiger partial charge < -0.3 is 15.4 Å². The zero-order chi connectivity index (χ0) is 15.0. The van der Waals surface area contributed by atoms with E-state index in [2.05, 4.69) is 21.5 Å². The van der Waals surface area contributed by atoms with E-state index in [1.165, 1.54) is 0 Å². The third kappa shape index (κ3) is 2.64. The van der Waals surface area contributed by atoms with Crippen molar-refractivity contribution in [2.45, 2.75) is 32.4 Å². The molecular formula is C15H18N4OS. The highest BCUT2D eigenvalue weighted by molar-refractivity contribution is 7.09. The van der Waals surface area contributed by atoms with Gasteiger partial charge in [0.05, 0.1) is 16.0 Å². The van der Waals surface area contributed by atoms with Crippen molar-refractivity contribution in [3.8, 4) is 0 Å². The van der Waals surface area contributed by atoms with Crippen molar-refractivity contribution >= 4 is 28.1 Å². The van der Waals surface area contributed by atoms with Crippen molar-refractivity contribution in [2.24, 2.45) is 0 Å². The number of anilines is 1. The zero-order valence-electron chi connectivity index (χ0n) is 12.0. The molecule has 1 aromatic carbocycles. The average molecular weight is 302 g/mol. The number of nitrogens with two attached hydrogens (primary N) is 1. The van der Waals surface area contributed by atoms with E-state index in [-0.39, 0.29) is 5.92 Å². The largest absolute Gasteiger partial charge is 0.399 e. The number of aliphatic hydroxyl groups is 1. The van der Waals surface area contributed by atoms with Gasteiger partial charge in [-0.15, -0.1) is 11.3 Å². The summed E-state index contributed by atoms with van der Waals surface area (Å²) in [6.45, 7) is 4.59. The van der Waals surface area contributed by atoms with E-state index in [9.17, 15) is 5.11 Å². The van der Waals surface area contributed by atoms with Gasteiger partial charge in [-0.3, -0.25) is 0 Å². The smallest absolute Gasteiger partial charge is 0.138 e. The fraction of sp³-hybridized carbons (Fsp3) is 0.333. The Balaban J connectivity index is 2.05. The fourth-order valence-corrected chi connectivity index (χ4v) is 3.20. The van der Waals surface area contributed by atoms with Crippen molar-refractivity contribution < 1.29 is 5.11 Å². The minimum Gasteiger partial charge on any atom is -0.399 e. The minimum absolute atomic E-state index is 0.262. The van der Waals surface area contributed by atoms with Crippen LogP contribution in [0.4, 0.5) is 5.69 Å². The first-order valence-electron chi connectivity index (χ1n) is 6.89. The van der Waals surface area contributed by atoms with E-state index < -0.39 is 6.10 Å². The molecule has 3 rings (SSSR count). The number of fused-ring (bicyclic) bond motifs is 1. The molecule has 0 fully saturated rings. The maximum Gasteiger partial charge on any atom is 0.138 e. The summed E-state index contributed by atoms with van der Waals surface area (Å²) < 4.78 is 2.06. The van der Waals surface area contributed by atoms with Crippen LogP contribution in [0.2, 0.25) is 0 Å². The Kier molecular flexibility index (Phi) is 3.65. The second-order valence-corrected chi connectivity index (χ2v) is 6.20. The van der Waals surface area contributed by atoms with Crippen molar-refractivity contribution in [3.63, 3.8) is 0 Å². The van der Waals surface area contributed by atoms with Crippen LogP contribution in [0.25, 0.3) is 11.0 Å². The lowest BCUT2D eigenvalue weighted by molar-refractivity contribution is 0.184. The number of rotatable bonds is 4. The molecular weight excluding hydrogens is 284 g/mol. The SMILES string of the molecule is CC(O)c1nc2cc(N)ccc2n1CC(C)c1nccs1. The maximum absolute atomic E-state index is 9.99. The molecule has 110 valence electrons. The van der Waals surface area contributed by atoms with Crippen LogP contribution in [0, 0.1) is 0 Å². The van der Waals surface area contributed by atoms with Crippen LogP contribution >= 0.6 is 11.3 Å². The number of aliphatic hydroxyl groups excluding tert-OH is 1. The summed E-state index contributed by atoms with van der Waals surface area (Å²) in [5.41, 5.74) is 8.30. The highest BCUT2D eigenvalue weighted by Gasteiger charge is 2.18. The first-order chi connectivity index (χ1) is 10.1. The standard InChI is InChI=1S/C15H18N4OS/c1-9(15-17-5-6-21-15)8-19-13-4-3-11(16)7-12(13)18-14(19)10(2)20/h3-7,9-10,20H,8,16H2,1-2H3. The molecule has 2 heterocycles. The van der Waals surface area contributed by atoms with Crippen LogP contribution in [0.15, 0.2) is 29.8 Å². The lowest BCUT2D eigenvalue weighted by Gasteiger charge is -2.14. The quantitative estimate of drug-likeness (QED) is 0.726. The Morgan fingerprint density at radius 2 is 2.19 bits per heavy atom. The van der Waals surface area contributed by atoms with Gasteiger partial charge in [-0.2, -0.15) is 0 Å². The van der Waals surface area contributed by atoms with Crippen LogP contribution in [-0.4, -0.2) is 19.6 Å². The lowest BCUT2D eigenvalue weighted by Crippen LogP contribution is -2.11. The van der Waals surface area contributed by atoms with Crippen LogP contribution in [0.3, 0.4) is 0 Å². The average Bonchev–Trinajstić information content (AvgIpc) is 3.06. The summed E-state index contributed by atoms with van der Waals surface area (Å²) in [7, 11) is 0. The molecule has 0 aliphatic heterocycles. The molecule has 6 heteroatoms. The third-order valence-electron chi connectivity index (χ3n) is 3.50. The summed E-state index contributed by atoms with van der Waals surface area (Å²) in [4.78, 5) is 8.89. The predicted octanol–water partition coefficient (Wildman–Crippen LogP) is 2.93. The number of benzene rings is 1. The summed E-state index contributed by atoms with van der Waals surface area (Å²) >= 11 is 1.65. The highest BCUT2D eigenvalue weighted by atomic mass is 32.1. The summed E-state index contributed by atoms with van der Waals surface area (Å²) in [5, 5.41) is 13.1. The van der Waals surface area contributed by atoms with Gasteiger partial charge in [-0.1, -0.05) is 6.92 Å². The number of hydrogen-bond acceptors (Lipinski definition) is 5. The van der Waals surface area contributed by atoms with E-state index >= 15 is 0 Å². The number of hydrogen-bond donors (Lipinski definition) is 2. The van der Waals surface area contributed by atoms with E-state index in [0.29, 0.717) is 11.5 Å². The third-order valence-corrected chi connectivity index (χ3v) is 4.51. The van der Waals surface area contributed by atoms with Gasteiger partial charge in [0, 0.05) is 29.7 Å². The van der Waals surface area contributed by atoms with E-state index in [1.807, 2.05) is 29.8 Å². The number of aromatic nitrogens is 3. The number of imidazole rings is 1. The Hall–Kier alpha value is -1.92. The van der Waals surface area contributed by atoms with Gasteiger partial charge >= 0.3 is 0 Å². The second-order valence-electron chi connectivity index (χ2n) is 5.28. The molecule has 0 bridgehead atoms. The van der Waals surface area contributed by atoms with Gasteiger partial charge in [0.2, 0.25) is 0 Å². The molecule has 2 atom stereocenters. The lowest BCUT2D eigenvalue weighted by atomic mass is 10.2. The molecule has 2 aromatic heterocycles. The number of thiazole rings is 1. The molecule has 3 aromatic rings. The Bertz CT molecular complexity index is 748. The van der Waals surface area contributed by atoms with Crippen molar-refractivity contribution in [1.29, 1.82) is 0 Å². The van der Waals surface area contributed by atoms with Crippen LogP contribution in [0.5, 0.6) is 0 Å². The Morgan fingerprint density at radius 1 is 1.38 bits per heavy atom. The fourth-order valence-electron chi connectivity index (χ4n) is 2.51. The molecule has 3 N–H and O–H groups in total. The van der Waals surface area contributed by atoms with Crippen LogP contribution in [0.1, 0.15) is 36.7 Å². The van der Waals surface area contributed by atoms with Crippen LogP contribution in [-0.2, 0) is 6.54 Å². The van der Waals surface area contributed by atoms with Crippen LogP contribution < -0.4 is 5.73 Å². The highest BCUT2D eigenvalue weighted by Crippen LogP contribution is 2.27. The molecule has 0 saturated carbocycles. The van der Waals surface area contributed by atoms with Crippen molar-refractivity contribution in [1.82, 2.24) is 14.5 Å². The molecule has 2 unspecified atom stereocenters. The van der Waals surface area contributed by atoms with Gasteiger partial charge in [0.15, 0.2) is 0 Å². The van der Waals surface area contributed by atoms with E-state index in [0.717, 1.165) is 22.6 Å². The summed E-state index contributed by atoms with van der Waals surface area (Å²) in [5.74, 6) is 0.927. The van der Waals surface area contributed by atoms with Gasteiger partial charge in [0.25, 0.3) is 0 Å². The molecule has 0 aliphatic carbocycles. The first-order valence-corrected chi connectivity index (χ1v) is 7.77. The Morgan fingerprint density at radius 3 is 2.86 bits per heavy atom. The first kappa shape index (κ1) is 14.0. The molecule has 0 saturated heterocycles. The zero-order valence-corrected chi connectivity index (χ0v) is 12.8. The maximum atomic E-state index is 9.99. The second kappa shape index (κ2) is 5.46. The predicted molar refractivity (Wildman–Crippen MR) is 85.3 cm³/mol. The number of nitrogens with zero attached hydrogens (tertiary/aromatic N) is 3. The number of nitrogen functional groups attached to an aromatic ring is 1. The molecule has 21 heavy (non-hydrogen) atoms. The summed E-state index contributed by atoms with van der Waals surface area (Å²) in [6.07, 6.45) is 1.20. The van der Waals surface area contributed by atoms with Gasteiger partial charge in [-0.05, 0) is 25.1 Å². The normalized spacial score (nSPS) is 14.4.